The fraction of sp³-hybridized carbons (Fsp3) is 0.321. The average Bonchev–Trinajstić information content (AvgIpc) is 3.68. The first-order chi connectivity index (χ1) is 18.9. The third-order valence-electron chi connectivity index (χ3n) is 6.28. The van der Waals surface area contributed by atoms with Crippen LogP contribution in [0.4, 0.5) is 10.1 Å². The van der Waals surface area contributed by atoms with Crippen LogP contribution >= 0.6 is 11.3 Å². The lowest BCUT2D eigenvalue weighted by molar-refractivity contribution is -0.126. The van der Waals surface area contributed by atoms with E-state index in [9.17, 15) is 18.8 Å². The molecule has 1 saturated heterocycles. The van der Waals surface area contributed by atoms with Gasteiger partial charge in [0.2, 0.25) is 11.8 Å². The lowest BCUT2D eigenvalue weighted by atomic mass is 10.0. The zero-order chi connectivity index (χ0) is 27.8. The average molecular weight is 556 g/mol. The summed E-state index contributed by atoms with van der Waals surface area (Å²) in [7, 11) is 2.96. The van der Waals surface area contributed by atoms with Crippen molar-refractivity contribution in [1.82, 2.24) is 10.6 Å². The second kappa shape index (κ2) is 13.2. The van der Waals surface area contributed by atoms with Crippen molar-refractivity contribution in [2.45, 2.75) is 25.0 Å². The molecule has 1 aromatic heterocycles. The second-order valence-corrected chi connectivity index (χ2v) is 9.74. The van der Waals surface area contributed by atoms with E-state index in [1.807, 2.05) is 0 Å². The minimum Gasteiger partial charge on any atom is -0.493 e. The van der Waals surface area contributed by atoms with Crippen molar-refractivity contribution in [2.24, 2.45) is 0 Å². The van der Waals surface area contributed by atoms with Gasteiger partial charge in [0.15, 0.2) is 11.5 Å². The Labute approximate surface area is 229 Å². The van der Waals surface area contributed by atoms with Crippen molar-refractivity contribution in [3.05, 3.63) is 76.2 Å². The number of benzene rings is 2. The molecule has 206 valence electrons. The predicted molar refractivity (Wildman–Crippen MR) is 145 cm³/mol. The normalized spacial score (nSPS) is 15.3. The summed E-state index contributed by atoms with van der Waals surface area (Å²) >= 11 is 1.24. The number of rotatable bonds is 11. The molecule has 39 heavy (non-hydrogen) atoms. The first kappa shape index (κ1) is 28.1. The van der Waals surface area contributed by atoms with E-state index in [0.29, 0.717) is 28.5 Å². The van der Waals surface area contributed by atoms with Gasteiger partial charge < -0.3 is 24.8 Å². The van der Waals surface area contributed by atoms with Gasteiger partial charge in [0, 0.05) is 18.8 Å². The summed E-state index contributed by atoms with van der Waals surface area (Å²) in [5, 5.41) is 7.28. The van der Waals surface area contributed by atoms with Crippen molar-refractivity contribution in [3.63, 3.8) is 0 Å². The highest BCUT2D eigenvalue weighted by Gasteiger charge is 2.34. The summed E-state index contributed by atoms with van der Waals surface area (Å²) in [6.45, 7) is 0.504. The second-order valence-electron chi connectivity index (χ2n) is 8.80. The van der Waals surface area contributed by atoms with Crippen molar-refractivity contribution < 1.29 is 33.0 Å². The van der Waals surface area contributed by atoms with E-state index in [-0.39, 0.29) is 18.3 Å². The Bertz CT molecular complexity index is 1280. The van der Waals surface area contributed by atoms with Crippen molar-refractivity contribution >= 4 is 34.7 Å². The summed E-state index contributed by atoms with van der Waals surface area (Å²) in [6, 6.07) is 12.3. The van der Waals surface area contributed by atoms with Gasteiger partial charge in [0.25, 0.3) is 5.91 Å². The number of ether oxygens (including phenoxy) is 3. The summed E-state index contributed by atoms with van der Waals surface area (Å²) in [5.74, 6) is -1.14. The standard InChI is InChI=1S/C28H30FN3O6S/c1-36-22-12-7-18(15-23(22)37-2)26(28(35)30-16-21-5-3-13-38-21)32(20-10-8-19(29)9-11-20)25(33)17-31-27(34)24-6-4-14-39-24/h4,6-12,14-15,21,26H,3,5,13,16-17H2,1-2H3,(H,30,35)(H,31,34)/t21-,26+/m0/s1. The topological polar surface area (TPSA) is 106 Å². The molecule has 0 saturated carbocycles. The zero-order valence-electron chi connectivity index (χ0n) is 21.6. The fourth-order valence-electron chi connectivity index (χ4n) is 4.33. The molecule has 2 atom stereocenters. The molecular weight excluding hydrogens is 525 g/mol. The Morgan fingerprint density at radius 1 is 1.08 bits per heavy atom. The van der Waals surface area contributed by atoms with Crippen LogP contribution in [0.25, 0.3) is 0 Å². The maximum atomic E-state index is 13.8. The molecule has 4 rings (SSSR count). The van der Waals surface area contributed by atoms with E-state index in [2.05, 4.69) is 10.6 Å². The number of amides is 3. The molecule has 2 N–H and O–H groups in total. The number of hydrogen-bond acceptors (Lipinski definition) is 7. The van der Waals surface area contributed by atoms with Crippen LogP contribution in [-0.2, 0) is 14.3 Å². The molecule has 0 radical (unpaired) electrons. The molecule has 2 heterocycles. The summed E-state index contributed by atoms with van der Waals surface area (Å²) in [6.07, 6.45) is 1.60. The van der Waals surface area contributed by atoms with E-state index in [0.717, 1.165) is 12.8 Å². The van der Waals surface area contributed by atoms with Crippen LogP contribution in [0.1, 0.15) is 34.1 Å². The molecule has 0 spiro atoms. The zero-order valence-corrected chi connectivity index (χ0v) is 22.5. The maximum Gasteiger partial charge on any atom is 0.261 e. The van der Waals surface area contributed by atoms with Gasteiger partial charge in [0.1, 0.15) is 11.9 Å². The van der Waals surface area contributed by atoms with Gasteiger partial charge in [-0.3, -0.25) is 19.3 Å². The quantitative estimate of drug-likeness (QED) is 0.374. The highest BCUT2D eigenvalue weighted by molar-refractivity contribution is 7.12. The summed E-state index contributed by atoms with van der Waals surface area (Å²) in [4.78, 5) is 41.7. The van der Waals surface area contributed by atoms with Crippen molar-refractivity contribution in [3.8, 4) is 11.5 Å². The Morgan fingerprint density at radius 3 is 2.49 bits per heavy atom. The van der Waals surface area contributed by atoms with Gasteiger partial charge in [-0.25, -0.2) is 4.39 Å². The number of nitrogens with one attached hydrogen (secondary N) is 2. The number of nitrogens with zero attached hydrogens (tertiary/aromatic N) is 1. The Kier molecular flexibility index (Phi) is 9.50. The minimum atomic E-state index is -1.18. The van der Waals surface area contributed by atoms with E-state index in [1.54, 1.807) is 35.7 Å². The maximum absolute atomic E-state index is 13.8. The molecule has 9 nitrogen and oxygen atoms in total. The van der Waals surface area contributed by atoms with Gasteiger partial charge in [-0.15, -0.1) is 11.3 Å². The van der Waals surface area contributed by atoms with Gasteiger partial charge in [-0.1, -0.05) is 12.1 Å². The molecular formula is C28H30FN3O6S. The third kappa shape index (κ3) is 6.92. The first-order valence-electron chi connectivity index (χ1n) is 12.4. The first-order valence-corrected chi connectivity index (χ1v) is 13.3. The van der Waals surface area contributed by atoms with E-state index < -0.39 is 36.1 Å². The Hall–Kier alpha value is -3.96. The lowest BCUT2D eigenvalue weighted by Gasteiger charge is -2.32. The van der Waals surface area contributed by atoms with Gasteiger partial charge in [-0.05, 0) is 66.2 Å². The highest BCUT2D eigenvalue weighted by atomic mass is 32.1. The number of carbonyl (C=O) groups is 3. The number of hydrogen-bond donors (Lipinski definition) is 2. The Morgan fingerprint density at radius 2 is 1.85 bits per heavy atom. The van der Waals surface area contributed by atoms with Crippen LogP contribution in [0.15, 0.2) is 60.0 Å². The number of thiophene rings is 1. The van der Waals surface area contributed by atoms with E-state index in [1.165, 1.54) is 54.7 Å². The van der Waals surface area contributed by atoms with Crippen LogP contribution < -0.4 is 25.0 Å². The molecule has 2 aromatic carbocycles. The molecule has 1 aliphatic heterocycles. The largest absolute Gasteiger partial charge is 0.493 e. The van der Waals surface area contributed by atoms with Crippen LogP contribution in [0.2, 0.25) is 0 Å². The van der Waals surface area contributed by atoms with Crippen LogP contribution in [0.3, 0.4) is 0 Å². The van der Waals surface area contributed by atoms with Crippen molar-refractivity contribution in [2.75, 3.05) is 38.8 Å². The number of carbonyl (C=O) groups excluding carboxylic acids is 3. The van der Waals surface area contributed by atoms with Gasteiger partial charge in [-0.2, -0.15) is 0 Å². The molecule has 11 heteroatoms. The van der Waals surface area contributed by atoms with Gasteiger partial charge >= 0.3 is 0 Å². The highest BCUT2D eigenvalue weighted by Crippen LogP contribution is 2.34. The van der Waals surface area contributed by atoms with Crippen LogP contribution in [-0.4, -0.2) is 57.7 Å². The van der Waals surface area contributed by atoms with Crippen LogP contribution in [0, 0.1) is 5.82 Å². The molecule has 0 bridgehead atoms. The number of halogens is 1. The van der Waals surface area contributed by atoms with Gasteiger partial charge in [0.05, 0.1) is 31.7 Å². The molecule has 3 amide bonds. The van der Waals surface area contributed by atoms with E-state index in [4.69, 9.17) is 14.2 Å². The molecule has 3 aromatic rings. The van der Waals surface area contributed by atoms with E-state index >= 15 is 0 Å². The molecule has 1 fully saturated rings. The molecule has 1 aliphatic rings. The third-order valence-corrected chi connectivity index (χ3v) is 7.15. The smallest absolute Gasteiger partial charge is 0.261 e. The number of anilines is 1. The fourth-order valence-corrected chi connectivity index (χ4v) is 4.97. The summed E-state index contributed by atoms with van der Waals surface area (Å²) in [5.41, 5.74) is 0.707. The monoisotopic (exact) mass is 555 g/mol. The van der Waals surface area contributed by atoms with Crippen LogP contribution in [0.5, 0.6) is 11.5 Å². The molecule has 0 unspecified atom stereocenters. The minimum absolute atomic E-state index is 0.125. The molecule has 0 aliphatic carbocycles. The van der Waals surface area contributed by atoms with Crippen molar-refractivity contribution in [1.29, 1.82) is 0 Å². The number of methoxy groups -OCH3 is 2. The predicted octanol–water partition coefficient (Wildman–Crippen LogP) is 3.70. The Balaban J connectivity index is 1.70. The SMILES string of the molecule is COc1ccc([C@H](C(=O)NC[C@@H]2CCCO2)N(C(=O)CNC(=O)c2cccs2)c2ccc(F)cc2)cc1OC. The lowest BCUT2D eigenvalue weighted by Crippen LogP contribution is -2.48. The summed E-state index contributed by atoms with van der Waals surface area (Å²) < 4.78 is 30.3.